The fourth-order valence-corrected chi connectivity index (χ4v) is 4.37. The van der Waals surface area contributed by atoms with Crippen LogP contribution in [0.2, 0.25) is 0 Å². The number of carbonyl (C=O) groups excluding carboxylic acids is 1. The van der Waals surface area contributed by atoms with Gasteiger partial charge in [-0.3, -0.25) is 14.3 Å². The molecular formula is C25H21N5O3S. The van der Waals surface area contributed by atoms with Gasteiger partial charge < -0.3 is 9.73 Å². The normalized spacial score (nSPS) is 11.1. The van der Waals surface area contributed by atoms with E-state index in [1.165, 1.54) is 4.68 Å². The van der Waals surface area contributed by atoms with E-state index in [0.717, 1.165) is 33.8 Å². The van der Waals surface area contributed by atoms with Gasteiger partial charge in [-0.25, -0.2) is 4.68 Å². The van der Waals surface area contributed by atoms with Gasteiger partial charge >= 0.3 is 0 Å². The first-order valence-corrected chi connectivity index (χ1v) is 11.6. The zero-order chi connectivity index (χ0) is 23.7. The Morgan fingerprint density at radius 3 is 2.56 bits per heavy atom. The Labute approximate surface area is 199 Å². The largest absolute Gasteiger partial charge is 0.411 e. The molecule has 5 rings (SSSR count). The number of benzene rings is 3. The maximum atomic E-state index is 13.0. The summed E-state index contributed by atoms with van der Waals surface area (Å²) in [6, 6.07) is 23.1. The molecule has 0 unspecified atom stereocenters. The van der Waals surface area contributed by atoms with Gasteiger partial charge in [0, 0.05) is 12.6 Å². The molecule has 0 saturated carbocycles. The monoisotopic (exact) mass is 471 g/mol. The number of hydrogen-bond donors (Lipinski definition) is 1. The molecule has 1 N–H and O–H groups in total. The summed E-state index contributed by atoms with van der Waals surface area (Å²) in [6.07, 6.45) is 0. The predicted octanol–water partition coefficient (Wildman–Crippen LogP) is 4.42. The smallest absolute Gasteiger partial charge is 0.295 e. The highest BCUT2D eigenvalue weighted by Crippen LogP contribution is 2.29. The third kappa shape index (κ3) is 4.01. The lowest BCUT2D eigenvalue weighted by molar-refractivity contribution is -0.113. The fourth-order valence-electron chi connectivity index (χ4n) is 3.80. The quantitative estimate of drug-likeness (QED) is 0.369. The van der Waals surface area contributed by atoms with Crippen LogP contribution < -0.4 is 10.9 Å². The fraction of sp³-hybridized carbons (Fsp3) is 0.120. The Morgan fingerprint density at radius 1 is 1.00 bits per heavy atom. The summed E-state index contributed by atoms with van der Waals surface area (Å²) < 4.78 is 9.04. The second-order valence-electron chi connectivity index (χ2n) is 7.67. The molecule has 0 fully saturated rings. The standard InChI is InChI=1S/C25H21N5O3S/c1-16-22(24(32)30(29(16)2)18-11-4-3-5-12-18)26-21(31)15-34-25-28-27-23(33-25)20-14-8-10-17-9-6-7-13-19(17)20/h3-14H,15H2,1-2H3,(H,26,31). The molecule has 9 heteroatoms. The molecule has 170 valence electrons. The van der Waals surface area contributed by atoms with Crippen LogP contribution in [-0.2, 0) is 11.8 Å². The van der Waals surface area contributed by atoms with E-state index in [-0.39, 0.29) is 28.1 Å². The summed E-state index contributed by atoms with van der Waals surface area (Å²) in [5, 5.41) is 13.3. The molecule has 0 radical (unpaired) electrons. The van der Waals surface area contributed by atoms with Gasteiger partial charge in [-0.15, -0.1) is 10.2 Å². The van der Waals surface area contributed by atoms with Crippen molar-refractivity contribution in [3.8, 4) is 17.1 Å². The third-order valence-corrected chi connectivity index (χ3v) is 6.39. The number of nitrogens with zero attached hydrogens (tertiary/aromatic N) is 4. The molecule has 0 spiro atoms. The maximum Gasteiger partial charge on any atom is 0.295 e. The van der Waals surface area contributed by atoms with E-state index in [1.54, 1.807) is 18.7 Å². The summed E-state index contributed by atoms with van der Waals surface area (Å²) in [5.41, 5.74) is 2.17. The van der Waals surface area contributed by atoms with Crippen molar-refractivity contribution < 1.29 is 9.21 Å². The van der Waals surface area contributed by atoms with Crippen molar-refractivity contribution in [2.24, 2.45) is 7.05 Å². The highest BCUT2D eigenvalue weighted by molar-refractivity contribution is 7.99. The number of rotatable bonds is 6. The first-order chi connectivity index (χ1) is 16.5. The van der Waals surface area contributed by atoms with E-state index in [4.69, 9.17) is 4.42 Å². The molecule has 34 heavy (non-hydrogen) atoms. The van der Waals surface area contributed by atoms with Gasteiger partial charge in [0.1, 0.15) is 5.69 Å². The van der Waals surface area contributed by atoms with Gasteiger partial charge in [0.2, 0.25) is 11.8 Å². The average Bonchev–Trinajstić information content (AvgIpc) is 3.42. The number of amides is 1. The van der Waals surface area contributed by atoms with E-state index in [0.29, 0.717) is 11.6 Å². The molecule has 0 bridgehead atoms. The van der Waals surface area contributed by atoms with Gasteiger partial charge in [-0.1, -0.05) is 66.4 Å². The molecular weight excluding hydrogens is 450 g/mol. The number of nitrogens with one attached hydrogen (secondary N) is 1. The van der Waals surface area contributed by atoms with Gasteiger partial charge in [0.05, 0.1) is 17.1 Å². The number of anilines is 1. The maximum absolute atomic E-state index is 13.0. The molecule has 2 aromatic heterocycles. The van der Waals surface area contributed by atoms with Crippen LogP contribution in [-0.4, -0.2) is 31.2 Å². The average molecular weight is 472 g/mol. The summed E-state index contributed by atoms with van der Waals surface area (Å²) in [6.45, 7) is 1.79. The Bertz CT molecular complexity index is 1550. The van der Waals surface area contributed by atoms with E-state index in [9.17, 15) is 9.59 Å². The lowest BCUT2D eigenvalue weighted by Gasteiger charge is -2.07. The lowest BCUT2D eigenvalue weighted by Crippen LogP contribution is -2.23. The Kier molecular flexibility index (Phi) is 5.77. The van der Waals surface area contributed by atoms with Crippen LogP contribution >= 0.6 is 11.8 Å². The van der Waals surface area contributed by atoms with Crippen molar-refractivity contribution in [3.63, 3.8) is 0 Å². The van der Waals surface area contributed by atoms with E-state index in [1.807, 2.05) is 72.8 Å². The summed E-state index contributed by atoms with van der Waals surface area (Å²) in [4.78, 5) is 25.6. The SMILES string of the molecule is Cc1c(NC(=O)CSc2nnc(-c3cccc4ccccc34)o2)c(=O)n(-c2ccccc2)n1C. The molecule has 8 nitrogen and oxygen atoms in total. The summed E-state index contributed by atoms with van der Waals surface area (Å²) >= 11 is 1.12. The topological polar surface area (TPSA) is 95.0 Å². The number of fused-ring (bicyclic) bond motifs is 1. The minimum atomic E-state index is -0.332. The summed E-state index contributed by atoms with van der Waals surface area (Å²) in [7, 11) is 1.78. The number of aromatic nitrogens is 4. The van der Waals surface area contributed by atoms with Gasteiger partial charge in [-0.05, 0) is 35.9 Å². The number of para-hydroxylation sites is 1. The zero-order valence-electron chi connectivity index (χ0n) is 18.6. The Morgan fingerprint density at radius 2 is 1.74 bits per heavy atom. The van der Waals surface area contributed by atoms with Crippen molar-refractivity contribution in [2.45, 2.75) is 12.1 Å². The number of carbonyl (C=O) groups is 1. The number of thioether (sulfide) groups is 1. The van der Waals surface area contributed by atoms with Crippen LogP contribution in [0.1, 0.15) is 5.69 Å². The second kappa shape index (κ2) is 9.03. The molecule has 5 aromatic rings. The zero-order valence-corrected chi connectivity index (χ0v) is 19.4. The highest BCUT2D eigenvalue weighted by Gasteiger charge is 2.19. The van der Waals surface area contributed by atoms with Crippen LogP contribution in [0.5, 0.6) is 0 Å². The van der Waals surface area contributed by atoms with Crippen LogP contribution in [0, 0.1) is 6.92 Å². The number of hydrogen-bond acceptors (Lipinski definition) is 6. The summed E-state index contributed by atoms with van der Waals surface area (Å²) in [5.74, 6) is 0.0845. The molecule has 0 saturated heterocycles. The van der Waals surface area contributed by atoms with Crippen LogP contribution in [0.3, 0.4) is 0 Å². The highest BCUT2D eigenvalue weighted by atomic mass is 32.2. The minimum absolute atomic E-state index is 0.0241. The first kappa shape index (κ1) is 21.7. The van der Waals surface area contributed by atoms with Crippen LogP contribution in [0.15, 0.2) is 87.2 Å². The lowest BCUT2D eigenvalue weighted by atomic mass is 10.0. The van der Waals surface area contributed by atoms with Gasteiger partial charge in [0.15, 0.2) is 0 Å². The Balaban J connectivity index is 1.30. The third-order valence-electron chi connectivity index (χ3n) is 5.57. The molecule has 0 atom stereocenters. The Hall–Kier alpha value is -4.11. The predicted molar refractivity (Wildman–Crippen MR) is 132 cm³/mol. The van der Waals surface area contributed by atoms with Crippen molar-refractivity contribution in [1.29, 1.82) is 0 Å². The van der Waals surface area contributed by atoms with E-state index >= 15 is 0 Å². The molecule has 0 aliphatic rings. The van der Waals surface area contributed by atoms with E-state index < -0.39 is 0 Å². The van der Waals surface area contributed by atoms with E-state index in [2.05, 4.69) is 15.5 Å². The molecule has 0 aliphatic heterocycles. The molecule has 0 aliphatic carbocycles. The van der Waals surface area contributed by atoms with Crippen molar-refractivity contribution in [3.05, 3.63) is 88.8 Å². The van der Waals surface area contributed by atoms with Gasteiger partial charge in [-0.2, -0.15) is 0 Å². The first-order valence-electron chi connectivity index (χ1n) is 10.6. The van der Waals surface area contributed by atoms with Crippen molar-refractivity contribution in [2.75, 3.05) is 11.1 Å². The molecule has 1 amide bonds. The minimum Gasteiger partial charge on any atom is -0.411 e. The van der Waals surface area contributed by atoms with Crippen LogP contribution in [0.4, 0.5) is 5.69 Å². The second-order valence-corrected chi connectivity index (χ2v) is 8.60. The van der Waals surface area contributed by atoms with Crippen molar-refractivity contribution in [1.82, 2.24) is 19.6 Å². The van der Waals surface area contributed by atoms with Crippen molar-refractivity contribution >= 4 is 34.1 Å². The van der Waals surface area contributed by atoms with Crippen LogP contribution in [0.25, 0.3) is 27.9 Å². The molecule has 3 aromatic carbocycles. The van der Waals surface area contributed by atoms with Gasteiger partial charge in [0.25, 0.3) is 10.8 Å². The molecule has 2 heterocycles.